The third-order valence-corrected chi connectivity index (χ3v) is 3.44. The lowest BCUT2D eigenvalue weighted by molar-refractivity contribution is 0.0953. The lowest BCUT2D eigenvalue weighted by Gasteiger charge is -2.07. The van der Waals surface area contributed by atoms with Gasteiger partial charge in [0.05, 0.1) is 5.56 Å². The van der Waals surface area contributed by atoms with E-state index in [-0.39, 0.29) is 11.7 Å². The van der Waals surface area contributed by atoms with Crippen molar-refractivity contribution in [3.05, 3.63) is 63.6 Å². The molecule has 0 fully saturated rings. The summed E-state index contributed by atoms with van der Waals surface area (Å²) in [6.45, 7) is 2.36. The molecule has 2 rings (SSSR count). The molecule has 0 unspecified atom stereocenters. The Balaban J connectivity index is 1.89. The molecule has 2 aromatic rings. The van der Waals surface area contributed by atoms with Gasteiger partial charge in [-0.3, -0.25) is 4.79 Å². The number of nitrogens with zero attached hydrogens (tertiary/aromatic N) is 1. The zero-order valence-corrected chi connectivity index (χ0v) is 12.6. The van der Waals surface area contributed by atoms with E-state index in [1.807, 2.05) is 6.92 Å². The SMILES string of the molecule is Cc1cc(F)ccc1CCNC(=O)c1ccc(Br)nc1. The van der Waals surface area contributed by atoms with Crippen LogP contribution in [0.1, 0.15) is 21.5 Å². The Bertz CT molecular complexity index is 614. The van der Waals surface area contributed by atoms with E-state index < -0.39 is 0 Å². The molecule has 0 aliphatic rings. The second-order valence-corrected chi connectivity index (χ2v) is 5.26. The van der Waals surface area contributed by atoms with E-state index in [9.17, 15) is 9.18 Å². The first-order valence-electron chi connectivity index (χ1n) is 6.21. The van der Waals surface area contributed by atoms with Crippen molar-refractivity contribution in [2.45, 2.75) is 13.3 Å². The van der Waals surface area contributed by atoms with Crippen LogP contribution in [0.5, 0.6) is 0 Å². The van der Waals surface area contributed by atoms with Crippen molar-refractivity contribution >= 4 is 21.8 Å². The number of nitrogens with one attached hydrogen (secondary N) is 1. The number of amides is 1. The van der Waals surface area contributed by atoms with Crippen molar-refractivity contribution in [2.75, 3.05) is 6.54 Å². The number of rotatable bonds is 4. The number of hydrogen-bond donors (Lipinski definition) is 1. The minimum atomic E-state index is -0.240. The minimum Gasteiger partial charge on any atom is -0.352 e. The molecule has 104 valence electrons. The molecule has 1 amide bonds. The van der Waals surface area contributed by atoms with Crippen LogP contribution in [0.15, 0.2) is 41.1 Å². The molecule has 3 nitrogen and oxygen atoms in total. The second kappa shape index (κ2) is 6.61. The van der Waals surface area contributed by atoms with Gasteiger partial charge < -0.3 is 5.32 Å². The molecule has 5 heteroatoms. The lowest BCUT2D eigenvalue weighted by Crippen LogP contribution is -2.25. The smallest absolute Gasteiger partial charge is 0.252 e. The molecule has 0 saturated carbocycles. The number of pyridine rings is 1. The molecule has 0 spiro atoms. The highest BCUT2D eigenvalue weighted by Crippen LogP contribution is 2.10. The zero-order valence-electron chi connectivity index (χ0n) is 11.0. The molecule has 0 atom stereocenters. The average molecular weight is 337 g/mol. The average Bonchev–Trinajstić information content (AvgIpc) is 2.42. The maximum absolute atomic E-state index is 13.0. The van der Waals surface area contributed by atoms with Crippen LogP contribution >= 0.6 is 15.9 Å². The summed E-state index contributed by atoms with van der Waals surface area (Å²) in [5.74, 6) is -0.402. The summed E-state index contributed by atoms with van der Waals surface area (Å²) in [6, 6.07) is 8.10. The Morgan fingerprint density at radius 1 is 1.35 bits per heavy atom. The quantitative estimate of drug-likeness (QED) is 0.870. The number of aryl methyl sites for hydroxylation is 1. The van der Waals surface area contributed by atoms with Crippen LogP contribution in [0, 0.1) is 12.7 Å². The first-order chi connectivity index (χ1) is 9.56. The molecular formula is C15H14BrFN2O. The molecule has 0 radical (unpaired) electrons. The topological polar surface area (TPSA) is 42.0 Å². The van der Waals surface area contributed by atoms with Gasteiger partial charge in [0.1, 0.15) is 10.4 Å². The third kappa shape index (κ3) is 3.87. The van der Waals surface area contributed by atoms with Crippen molar-refractivity contribution in [2.24, 2.45) is 0 Å². The Hall–Kier alpha value is -1.75. The number of benzene rings is 1. The minimum absolute atomic E-state index is 0.162. The van der Waals surface area contributed by atoms with Gasteiger partial charge >= 0.3 is 0 Å². The molecule has 0 bridgehead atoms. The summed E-state index contributed by atoms with van der Waals surface area (Å²) in [5, 5.41) is 2.82. The molecule has 20 heavy (non-hydrogen) atoms. The van der Waals surface area contributed by atoms with Gasteiger partial charge in [0.25, 0.3) is 5.91 Å². The normalized spacial score (nSPS) is 10.3. The fourth-order valence-electron chi connectivity index (χ4n) is 1.86. The summed E-state index contributed by atoms with van der Waals surface area (Å²) < 4.78 is 13.7. The summed E-state index contributed by atoms with van der Waals surface area (Å²) >= 11 is 3.22. The maximum Gasteiger partial charge on any atom is 0.252 e. The number of halogens is 2. The number of carbonyl (C=O) groups is 1. The maximum atomic E-state index is 13.0. The van der Waals surface area contributed by atoms with Crippen LogP contribution in [0.3, 0.4) is 0 Å². The molecular weight excluding hydrogens is 323 g/mol. The third-order valence-electron chi connectivity index (χ3n) is 2.97. The van der Waals surface area contributed by atoms with E-state index >= 15 is 0 Å². The molecule has 0 aliphatic heterocycles. The molecule has 0 saturated heterocycles. The summed E-state index contributed by atoms with van der Waals surface area (Å²) in [4.78, 5) is 15.9. The van der Waals surface area contributed by atoms with Crippen LogP contribution in [0.4, 0.5) is 4.39 Å². The predicted molar refractivity (Wildman–Crippen MR) is 79.1 cm³/mol. The van der Waals surface area contributed by atoms with Crippen molar-refractivity contribution in [1.82, 2.24) is 10.3 Å². The van der Waals surface area contributed by atoms with Crippen LogP contribution in [-0.4, -0.2) is 17.4 Å². The van der Waals surface area contributed by atoms with E-state index in [0.717, 1.165) is 11.1 Å². The Morgan fingerprint density at radius 3 is 2.80 bits per heavy atom. The molecule has 1 aromatic carbocycles. The molecule has 1 aromatic heterocycles. The van der Waals surface area contributed by atoms with Gasteiger partial charge in [0.2, 0.25) is 0 Å². The van der Waals surface area contributed by atoms with Crippen LogP contribution < -0.4 is 5.32 Å². The van der Waals surface area contributed by atoms with Gasteiger partial charge in [0, 0.05) is 12.7 Å². The van der Waals surface area contributed by atoms with Crippen molar-refractivity contribution in [1.29, 1.82) is 0 Å². The monoisotopic (exact) mass is 336 g/mol. The van der Waals surface area contributed by atoms with E-state index in [4.69, 9.17) is 0 Å². The van der Waals surface area contributed by atoms with Gasteiger partial charge in [-0.25, -0.2) is 9.37 Å². The number of hydrogen-bond acceptors (Lipinski definition) is 2. The largest absolute Gasteiger partial charge is 0.352 e. The summed E-state index contributed by atoms with van der Waals surface area (Å²) in [6.07, 6.45) is 2.18. The molecule has 0 aliphatic carbocycles. The van der Waals surface area contributed by atoms with E-state index in [2.05, 4.69) is 26.2 Å². The van der Waals surface area contributed by atoms with Crippen LogP contribution in [0.25, 0.3) is 0 Å². The molecule has 1 heterocycles. The second-order valence-electron chi connectivity index (χ2n) is 4.45. The van der Waals surface area contributed by atoms with Crippen LogP contribution in [-0.2, 0) is 6.42 Å². The highest BCUT2D eigenvalue weighted by atomic mass is 79.9. The predicted octanol–water partition coefficient (Wildman–Crippen LogP) is 3.26. The van der Waals surface area contributed by atoms with Crippen molar-refractivity contribution in [3.8, 4) is 0 Å². The highest BCUT2D eigenvalue weighted by Gasteiger charge is 2.06. The van der Waals surface area contributed by atoms with E-state index in [0.29, 0.717) is 23.1 Å². The first kappa shape index (κ1) is 14.7. The Kier molecular flexibility index (Phi) is 4.84. The number of aromatic nitrogens is 1. The van der Waals surface area contributed by atoms with Gasteiger partial charge in [-0.2, -0.15) is 0 Å². The Morgan fingerprint density at radius 2 is 2.15 bits per heavy atom. The summed E-state index contributed by atoms with van der Waals surface area (Å²) in [5.41, 5.74) is 2.44. The van der Waals surface area contributed by atoms with Gasteiger partial charge in [-0.1, -0.05) is 6.07 Å². The van der Waals surface area contributed by atoms with Crippen LogP contribution in [0.2, 0.25) is 0 Å². The van der Waals surface area contributed by atoms with Gasteiger partial charge in [0.15, 0.2) is 0 Å². The zero-order chi connectivity index (χ0) is 14.5. The van der Waals surface area contributed by atoms with Gasteiger partial charge in [-0.05, 0) is 64.7 Å². The fraction of sp³-hybridized carbons (Fsp3) is 0.200. The first-order valence-corrected chi connectivity index (χ1v) is 7.00. The van der Waals surface area contributed by atoms with Crippen molar-refractivity contribution in [3.63, 3.8) is 0 Å². The lowest BCUT2D eigenvalue weighted by atomic mass is 10.1. The summed E-state index contributed by atoms with van der Waals surface area (Å²) in [7, 11) is 0. The van der Waals surface area contributed by atoms with Gasteiger partial charge in [-0.15, -0.1) is 0 Å². The Labute approximate surface area is 125 Å². The molecule has 1 N–H and O–H groups in total. The fourth-order valence-corrected chi connectivity index (χ4v) is 2.10. The number of carbonyl (C=O) groups excluding carboxylic acids is 1. The van der Waals surface area contributed by atoms with Crippen molar-refractivity contribution < 1.29 is 9.18 Å². The standard InChI is InChI=1S/C15H14BrFN2O/c1-10-8-13(17)4-2-11(10)6-7-18-15(20)12-3-5-14(16)19-9-12/h2-5,8-9H,6-7H2,1H3,(H,18,20). The van der Waals surface area contributed by atoms with E-state index in [1.165, 1.54) is 18.3 Å². The van der Waals surface area contributed by atoms with E-state index in [1.54, 1.807) is 18.2 Å². The highest BCUT2D eigenvalue weighted by molar-refractivity contribution is 9.10.